The van der Waals surface area contributed by atoms with E-state index in [-0.39, 0.29) is 12.5 Å². The van der Waals surface area contributed by atoms with Crippen LogP contribution in [-0.4, -0.2) is 12.4 Å². The van der Waals surface area contributed by atoms with Crippen molar-refractivity contribution in [1.29, 1.82) is 0 Å². The second kappa shape index (κ2) is 9.20. The van der Waals surface area contributed by atoms with E-state index in [0.29, 0.717) is 12.2 Å². The highest BCUT2D eigenvalue weighted by atomic mass is 16.2. The standard InChI is InChI=1S/C12H23O2/c1-3-4-8-11(2)12(14)9-6-5-7-10-13/h11H,3-10H2,1-2H3. The predicted molar refractivity (Wildman–Crippen MR) is 57.7 cm³/mol. The molecule has 0 saturated heterocycles. The molecule has 0 saturated carbocycles. The largest absolute Gasteiger partial charge is 0.299 e. The molecule has 1 unspecified atom stereocenters. The molecule has 0 heterocycles. The predicted octanol–water partition coefficient (Wildman–Crippen LogP) is 3.37. The van der Waals surface area contributed by atoms with Crippen LogP contribution in [0.2, 0.25) is 0 Å². The summed E-state index contributed by atoms with van der Waals surface area (Å²) in [4.78, 5) is 11.5. The van der Waals surface area contributed by atoms with Crippen molar-refractivity contribution in [1.82, 2.24) is 0 Å². The summed E-state index contributed by atoms with van der Waals surface area (Å²) in [6.07, 6.45) is 6.53. The molecule has 1 atom stereocenters. The first-order valence-electron chi connectivity index (χ1n) is 5.83. The Morgan fingerprint density at radius 1 is 1.14 bits per heavy atom. The Morgan fingerprint density at radius 2 is 1.86 bits per heavy atom. The molecule has 0 bridgehead atoms. The summed E-state index contributed by atoms with van der Waals surface area (Å²) in [7, 11) is 0. The molecule has 2 nitrogen and oxygen atoms in total. The molecular formula is C12H23O2. The minimum absolute atomic E-state index is 0.000418. The summed E-state index contributed by atoms with van der Waals surface area (Å²) < 4.78 is 0. The lowest BCUT2D eigenvalue weighted by molar-refractivity contribution is -0.122. The van der Waals surface area contributed by atoms with Crippen LogP contribution in [0.25, 0.3) is 0 Å². The van der Waals surface area contributed by atoms with Crippen LogP contribution in [0, 0.1) is 5.92 Å². The van der Waals surface area contributed by atoms with Crippen LogP contribution in [0.4, 0.5) is 0 Å². The van der Waals surface area contributed by atoms with Gasteiger partial charge in [-0.15, -0.1) is 0 Å². The van der Waals surface area contributed by atoms with Crippen LogP contribution in [0.3, 0.4) is 0 Å². The number of carbonyl (C=O) groups excluding carboxylic acids is 1. The van der Waals surface area contributed by atoms with Gasteiger partial charge in [0.1, 0.15) is 5.78 Å². The minimum atomic E-state index is -0.000418. The zero-order valence-electron chi connectivity index (χ0n) is 9.55. The van der Waals surface area contributed by atoms with Gasteiger partial charge in [-0.05, 0) is 19.3 Å². The highest BCUT2D eigenvalue weighted by Gasteiger charge is 2.11. The molecule has 0 aromatic rings. The molecule has 0 aromatic carbocycles. The number of unbranched alkanes of at least 4 members (excludes halogenated alkanes) is 3. The maximum Gasteiger partial charge on any atom is 0.135 e. The Morgan fingerprint density at radius 3 is 2.43 bits per heavy atom. The van der Waals surface area contributed by atoms with E-state index in [9.17, 15) is 9.90 Å². The van der Waals surface area contributed by atoms with Crippen molar-refractivity contribution in [2.45, 2.75) is 58.8 Å². The van der Waals surface area contributed by atoms with E-state index in [4.69, 9.17) is 0 Å². The van der Waals surface area contributed by atoms with Crippen molar-refractivity contribution in [3.63, 3.8) is 0 Å². The van der Waals surface area contributed by atoms with Crippen molar-refractivity contribution in [3.8, 4) is 0 Å². The van der Waals surface area contributed by atoms with E-state index >= 15 is 0 Å². The van der Waals surface area contributed by atoms with Crippen molar-refractivity contribution in [2.75, 3.05) is 6.61 Å². The summed E-state index contributed by atoms with van der Waals surface area (Å²) in [6.45, 7) is 4.16. The normalized spacial score (nSPS) is 12.8. The van der Waals surface area contributed by atoms with E-state index in [1.165, 1.54) is 0 Å². The Hall–Kier alpha value is -0.370. The van der Waals surface area contributed by atoms with Crippen molar-refractivity contribution in [2.24, 2.45) is 5.92 Å². The second-order valence-corrected chi connectivity index (χ2v) is 4.02. The summed E-state index contributed by atoms with van der Waals surface area (Å²) >= 11 is 0. The van der Waals surface area contributed by atoms with Gasteiger partial charge in [-0.2, -0.15) is 0 Å². The lowest BCUT2D eigenvalue weighted by Crippen LogP contribution is -2.10. The minimum Gasteiger partial charge on any atom is -0.299 e. The van der Waals surface area contributed by atoms with Crippen LogP contribution < -0.4 is 0 Å². The molecule has 0 rings (SSSR count). The fraction of sp³-hybridized carbons (Fsp3) is 0.917. The Bertz CT molecular complexity index is 143. The van der Waals surface area contributed by atoms with Crippen LogP contribution in [0.15, 0.2) is 0 Å². The van der Waals surface area contributed by atoms with Crippen molar-refractivity contribution in [3.05, 3.63) is 0 Å². The number of rotatable bonds is 9. The van der Waals surface area contributed by atoms with Gasteiger partial charge >= 0.3 is 0 Å². The molecule has 0 N–H and O–H groups in total. The highest BCUT2D eigenvalue weighted by Crippen LogP contribution is 2.12. The molecule has 0 aliphatic heterocycles. The second-order valence-electron chi connectivity index (χ2n) is 4.02. The molecule has 83 valence electrons. The molecule has 0 aliphatic carbocycles. The quantitative estimate of drug-likeness (QED) is 0.524. The number of Topliss-reactive ketones (excluding diaryl/α,β-unsaturated/α-hetero) is 1. The zero-order valence-corrected chi connectivity index (χ0v) is 9.55. The van der Waals surface area contributed by atoms with Crippen LogP contribution in [0.1, 0.15) is 58.8 Å². The number of hydrogen-bond donors (Lipinski definition) is 0. The van der Waals surface area contributed by atoms with Gasteiger partial charge in [0.15, 0.2) is 0 Å². The molecule has 0 spiro atoms. The SMILES string of the molecule is CCCCC(C)C(=O)CCCCC[O]. The molecule has 2 heteroatoms. The van der Waals surface area contributed by atoms with Gasteiger partial charge in [-0.3, -0.25) is 4.79 Å². The van der Waals surface area contributed by atoms with E-state index < -0.39 is 0 Å². The third-order valence-corrected chi connectivity index (χ3v) is 2.61. The van der Waals surface area contributed by atoms with Crippen LogP contribution in [0.5, 0.6) is 0 Å². The fourth-order valence-corrected chi connectivity index (χ4v) is 1.50. The molecule has 0 aromatic heterocycles. The maximum absolute atomic E-state index is 11.5. The van der Waals surface area contributed by atoms with E-state index in [0.717, 1.165) is 38.5 Å². The van der Waals surface area contributed by atoms with Gasteiger partial charge in [0.05, 0.1) is 6.61 Å². The maximum atomic E-state index is 11.5. The smallest absolute Gasteiger partial charge is 0.135 e. The van der Waals surface area contributed by atoms with Gasteiger partial charge in [0.25, 0.3) is 0 Å². The van der Waals surface area contributed by atoms with Crippen LogP contribution in [-0.2, 0) is 9.90 Å². The van der Waals surface area contributed by atoms with E-state index in [1.807, 2.05) is 6.92 Å². The summed E-state index contributed by atoms with van der Waals surface area (Å²) in [6, 6.07) is 0. The van der Waals surface area contributed by atoms with Crippen LogP contribution >= 0.6 is 0 Å². The summed E-state index contributed by atoms with van der Waals surface area (Å²) in [5.74, 6) is 0.603. The Balaban J connectivity index is 3.42. The van der Waals surface area contributed by atoms with Gasteiger partial charge in [0.2, 0.25) is 0 Å². The third-order valence-electron chi connectivity index (χ3n) is 2.61. The number of ketones is 1. The first kappa shape index (κ1) is 13.6. The number of carbonyl (C=O) groups is 1. The molecule has 1 radical (unpaired) electrons. The van der Waals surface area contributed by atoms with Crippen molar-refractivity contribution >= 4 is 5.78 Å². The average Bonchev–Trinajstić information content (AvgIpc) is 2.20. The molecule has 14 heavy (non-hydrogen) atoms. The highest BCUT2D eigenvalue weighted by molar-refractivity contribution is 5.80. The fourth-order valence-electron chi connectivity index (χ4n) is 1.50. The van der Waals surface area contributed by atoms with Gasteiger partial charge in [0, 0.05) is 12.3 Å². The van der Waals surface area contributed by atoms with Gasteiger partial charge in [-0.25, -0.2) is 5.11 Å². The van der Waals surface area contributed by atoms with Gasteiger partial charge in [-0.1, -0.05) is 33.1 Å². The Labute approximate surface area is 87.7 Å². The summed E-state index contributed by atoms with van der Waals surface area (Å²) in [5, 5.41) is 10.2. The number of hydrogen-bond acceptors (Lipinski definition) is 1. The first-order chi connectivity index (χ1) is 6.72. The first-order valence-corrected chi connectivity index (χ1v) is 5.83. The lowest BCUT2D eigenvalue weighted by Gasteiger charge is -2.08. The van der Waals surface area contributed by atoms with E-state index in [2.05, 4.69) is 6.92 Å². The molecular weight excluding hydrogens is 176 g/mol. The third kappa shape index (κ3) is 7.07. The molecule has 0 aliphatic rings. The zero-order chi connectivity index (χ0) is 10.8. The van der Waals surface area contributed by atoms with E-state index in [1.54, 1.807) is 0 Å². The summed E-state index contributed by atoms with van der Waals surface area (Å²) in [5.41, 5.74) is 0. The Kier molecular flexibility index (Phi) is 8.95. The van der Waals surface area contributed by atoms with Gasteiger partial charge < -0.3 is 0 Å². The monoisotopic (exact) mass is 199 g/mol. The lowest BCUT2D eigenvalue weighted by atomic mass is 9.96. The molecule has 0 fully saturated rings. The van der Waals surface area contributed by atoms with Crippen molar-refractivity contribution < 1.29 is 9.90 Å². The topological polar surface area (TPSA) is 37.0 Å². The molecule has 0 amide bonds. The average molecular weight is 199 g/mol.